The predicted molar refractivity (Wildman–Crippen MR) is 125 cm³/mol. The van der Waals surface area contributed by atoms with E-state index in [9.17, 15) is 10.1 Å². The standard InChI is InChI=1S/C26H22N4O5/c27-13-17-24(28)30-3-2-14-8-20-21(33-5-1-4-32-20)9-15(14)19(30)12-26(17)16-10-22-23(35-7-6-34-22)11-18(16)29-25(26)31/h8-12H,1-7,28H2,(H,29,31)/t26-/m0/s1. The molecule has 7 rings (SSSR count). The van der Waals surface area contributed by atoms with E-state index >= 15 is 0 Å². The molecule has 1 atom stereocenters. The van der Waals surface area contributed by atoms with E-state index < -0.39 is 5.41 Å². The second kappa shape index (κ2) is 7.09. The van der Waals surface area contributed by atoms with E-state index in [1.165, 1.54) is 0 Å². The summed E-state index contributed by atoms with van der Waals surface area (Å²) in [4.78, 5) is 15.6. The smallest absolute Gasteiger partial charge is 0.244 e. The summed E-state index contributed by atoms with van der Waals surface area (Å²) in [6.07, 6.45) is 3.39. The van der Waals surface area contributed by atoms with Crippen LogP contribution in [0, 0.1) is 11.3 Å². The molecule has 35 heavy (non-hydrogen) atoms. The topological polar surface area (TPSA) is 119 Å². The maximum Gasteiger partial charge on any atom is 0.244 e. The van der Waals surface area contributed by atoms with Gasteiger partial charge in [-0.25, -0.2) is 0 Å². The molecule has 5 aliphatic rings. The average Bonchev–Trinajstić information content (AvgIpc) is 3.00. The monoisotopic (exact) mass is 470 g/mol. The Kier molecular flexibility index (Phi) is 4.07. The van der Waals surface area contributed by atoms with Crippen molar-refractivity contribution in [1.82, 2.24) is 4.90 Å². The number of carbonyl (C=O) groups is 1. The predicted octanol–water partition coefficient (Wildman–Crippen LogP) is 2.42. The third kappa shape index (κ3) is 2.65. The van der Waals surface area contributed by atoms with Gasteiger partial charge in [0, 0.05) is 41.5 Å². The first-order chi connectivity index (χ1) is 17.1. The Morgan fingerprint density at radius 1 is 0.971 bits per heavy atom. The molecule has 2 aromatic carbocycles. The molecule has 2 aromatic rings. The van der Waals surface area contributed by atoms with Crippen LogP contribution < -0.4 is 30.0 Å². The highest BCUT2D eigenvalue weighted by Gasteiger charge is 2.54. The Balaban J connectivity index is 1.46. The second-order valence-electron chi connectivity index (χ2n) is 9.11. The Morgan fingerprint density at radius 2 is 1.66 bits per heavy atom. The zero-order chi connectivity index (χ0) is 23.7. The van der Waals surface area contributed by atoms with Gasteiger partial charge in [-0.15, -0.1) is 0 Å². The van der Waals surface area contributed by atoms with Crippen molar-refractivity contribution in [2.24, 2.45) is 5.73 Å². The SMILES string of the molecule is N#CC1=C(N)N2CCc3cc4c(cc3C2=C[C@@]12C(=O)Nc1cc3c(cc12)OCCO3)OCCCO4. The highest BCUT2D eigenvalue weighted by atomic mass is 16.6. The van der Waals surface area contributed by atoms with Gasteiger partial charge in [-0.2, -0.15) is 5.26 Å². The Bertz CT molecular complexity index is 1420. The minimum Gasteiger partial charge on any atom is -0.490 e. The summed E-state index contributed by atoms with van der Waals surface area (Å²) in [5.74, 6) is 2.46. The van der Waals surface area contributed by atoms with Crippen molar-refractivity contribution >= 4 is 17.3 Å². The van der Waals surface area contributed by atoms with Crippen molar-refractivity contribution in [1.29, 1.82) is 5.26 Å². The first kappa shape index (κ1) is 20.1. The number of ether oxygens (including phenoxy) is 4. The van der Waals surface area contributed by atoms with Crippen LogP contribution in [0.25, 0.3) is 5.70 Å². The number of nitrogens with zero attached hydrogens (tertiary/aromatic N) is 2. The van der Waals surface area contributed by atoms with Gasteiger partial charge < -0.3 is 34.9 Å². The van der Waals surface area contributed by atoms with Crippen LogP contribution >= 0.6 is 0 Å². The van der Waals surface area contributed by atoms with Crippen LogP contribution in [-0.4, -0.2) is 43.8 Å². The molecule has 3 N–H and O–H groups in total. The molecule has 0 fully saturated rings. The molecule has 1 spiro atoms. The highest BCUT2D eigenvalue weighted by molar-refractivity contribution is 6.12. The van der Waals surface area contributed by atoms with Crippen LogP contribution in [0.3, 0.4) is 0 Å². The number of rotatable bonds is 0. The molecular weight excluding hydrogens is 448 g/mol. The third-order valence-electron chi connectivity index (χ3n) is 7.26. The highest BCUT2D eigenvalue weighted by Crippen LogP contribution is 2.53. The molecule has 0 saturated carbocycles. The van der Waals surface area contributed by atoms with Gasteiger partial charge in [0.2, 0.25) is 5.91 Å². The Morgan fingerprint density at radius 3 is 2.43 bits per heavy atom. The van der Waals surface area contributed by atoms with Crippen molar-refractivity contribution in [3.63, 3.8) is 0 Å². The van der Waals surface area contributed by atoms with E-state index in [4.69, 9.17) is 24.7 Å². The lowest BCUT2D eigenvalue weighted by molar-refractivity contribution is -0.118. The van der Waals surface area contributed by atoms with Crippen LogP contribution in [0.5, 0.6) is 23.0 Å². The molecule has 176 valence electrons. The first-order valence-corrected chi connectivity index (χ1v) is 11.7. The number of benzene rings is 2. The molecule has 5 heterocycles. The number of nitrogens with one attached hydrogen (secondary N) is 1. The van der Waals surface area contributed by atoms with Gasteiger partial charge in [0.25, 0.3) is 0 Å². The van der Waals surface area contributed by atoms with Gasteiger partial charge in [-0.1, -0.05) is 0 Å². The summed E-state index contributed by atoms with van der Waals surface area (Å²) < 4.78 is 23.3. The van der Waals surface area contributed by atoms with Crippen LogP contribution in [-0.2, 0) is 16.6 Å². The van der Waals surface area contributed by atoms with E-state index in [0.29, 0.717) is 61.5 Å². The van der Waals surface area contributed by atoms with E-state index in [-0.39, 0.29) is 17.3 Å². The molecule has 0 radical (unpaired) electrons. The second-order valence-corrected chi connectivity index (χ2v) is 9.11. The number of nitriles is 1. The van der Waals surface area contributed by atoms with Gasteiger partial charge in [-0.3, -0.25) is 4.79 Å². The maximum absolute atomic E-state index is 13.7. The molecule has 0 unspecified atom stereocenters. The van der Waals surface area contributed by atoms with Crippen molar-refractivity contribution < 1.29 is 23.7 Å². The van der Waals surface area contributed by atoms with Gasteiger partial charge >= 0.3 is 0 Å². The number of nitrogens with two attached hydrogens (primary N) is 1. The van der Waals surface area contributed by atoms with Crippen molar-refractivity contribution in [2.45, 2.75) is 18.3 Å². The lowest BCUT2D eigenvalue weighted by Crippen LogP contribution is -2.45. The van der Waals surface area contributed by atoms with Gasteiger partial charge in [-0.05, 0) is 36.3 Å². The minimum absolute atomic E-state index is 0.201. The summed E-state index contributed by atoms with van der Waals surface area (Å²) in [6, 6.07) is 9.77. The van der Waals surface area contributed by atoms with E-state index in [0.717, 1.165) is 35.4 Å². The molecule has 0 saturated heterocycles. The van der Waals surface area contributed by atoms with Crippen molar-refractivity contribution in [3.8, 4) is 29.1 Å². The maximum atomic E-state index is 13.7. The Labute approximate surface area is 201 Å². The number of anilines is 1. The van der Waals surface area contributed by atoms with Crippen molar-refractivity contribution in [3.05, 3.63) is 58.4 Å². The zero-order valence-electron chi connectivity index (χ0n) is 18.8. The summed E-state index contributed by atoms with van der Waals surface area (Å²) in [7, 11) is 0. The summed E-state index contributed by atoms with van der Waals surface area (Å²) in [5.41, 5.74) is 9.43. The van der Waals surface area contributed by atoms with Crippen molar-refractivity contribution in [2.75, 3.05) is 38.3 Å². The zero-order valence-corrected chi connectivity index (χ0v) is 18.8. The summed E-state index contributed by atoms with van der Waals surface area (Å²) >= 11 is 0. The van der Waals surface area contributed by atoms with Gasteiger partial charge in [0.05, 0.1) is 18.8 Å². The van der Waals surface area contributed by atoms with Gasteiger partial charge in [0.15, 0.2) is 23.0 Å². The van der Waals surface area contributed by atoms with E-state index in [1.54, 1.807) is 12.1 Å². The number of hydrogen-bond acceptors (Lipinski definition) is 8. The van der Waals surface area contributed by atoms with Crippen LogP contribution in [0.1, 0.15) is 23.1 Å². The number of carbonyl (C=O) groups excluding carboxylic acids is 1. The van der Waals surface area contributed by atoms with Crippen LogP contribution in [0.4, 0.5) is 5.69 Å². The van der Waals surface area contributed by atoms with E-state index in [1.807, 2.05) is 23.1 Å². The average molecular weight is 470 g/mol. The number of fused-ring (bicyclic) bond motifs is 7. The normalized spacial score (nSPS) is 23.5. The van der Waals surface area contributed by atoms with Crippen LogP contribution in [0.2, 0.25) is 0 Å². The number of hydrogen-bond donors (Lipinski definition) is 2. The largest absolute Gasteiger partial charge is 0.490 e. The molecule has 0 aliphatic carbocycles. The molecule has 1 amide bonds. The molecular formula is C26H22N4O5. The fourth-order valence-corrected chi connectivity index (χ4v) is 5.61. The fraction of sp³-hybridized carbons (Fsp3) is 0.308. The molecule has 9 heteroatoms. The summed E-state index contributed by atoms with van der Waals surface area (Å²) in [5, 5.41) is 13.2. The first-order valence-electron chi connectivity index (χ1n) is 11.7. The number of amides is 1. The minimum atomic E-state index is -1.38. The molecule has 9 nitrogen and oxygen atoms in total. The third-order valence-corrected chi connectivity index (χ3v) is 7.26. The van der Waals surface area contributed by atoms with Crippen LogP contribution in [0.15, 0.2) is 41.7 Å². The fourth-order valence-electron chi connectivity index (χ4n) is 5.61. The van der Waals surface area contributed by atoms with Gasteiger partial charge in [0.1, 0.15) is 30.5 Å². The molecule has 5 aliphatic heterocycles. The lowest BCUT2D eigenvalue weighted by Gasteiger charge is -2.41. The summed E-state index contributed by atoms with van der Waals surface area (Å²) in [6.45, 7) is 2.62. The van der Waals surface area contributed by atoms with E-state index in [2.05, 4.69) is 11.4 Å². The lowest BCUT2D eigenvalue weighted by atomic mass is 9.71. The molecule has 0 aromatic heterocycles. The quantitative estimate of drug-likeness (QED) is 0.603. The Hall–Kier alpha value is -4.32. The molecule has 0 bridgehead atoms.